The number of rotatable bonds is 1. The Hall–Kier alpha value is 0.845. The van der Waals surface area contributed by atoms with Crippen LogP contribution in [0.4, 0.5) is 0 Å². The second-order valence-electron chi connectivity index (χ2n) is 1.80. The Morgan fingerprint density at radius 2 is 1.85 bits per heavy atom. The van der Waals surface area contributed by atoms with Gasteiger partial charge in [0.1, 0.15) is 5.75 Å². The third kappa shape index (κ3) is 6.02. The van der Waals surface area contributed by atoms with Crippen LogP contribution < -0.4 is 34.7 Å². The number of para-hydroxylation sites is 1. The second-order valence-corrected chi connectivity index (χ2v) is 2.18. The standard InChI is InChI=1S/C7H6O2S.CH3.Hg.Na/c8-6-4-2-1-3-5(6)7(9)10;;;/h1-4,8H,(H,9,10);1H3;;/q;;;+1/p-1. The zero-order valence-corrected chi connectivity index (χ0v) is 16.1. The van der Waals surface area contributed by atoms with Crippen molar-refractivity contribution in [3.63, 3.8) is 0 Å². The molecular formula is C8H8HgNaO2S. The van der Waals surface area contributed by atoms with E-state index in [4.69, 9.17) is 5.11 Å². The molecule has 0 unspecified atom stereocenters. The van der Waals surface area contributed by atoms with E-state index in [0.29, 0.717) is 0 Å². The van der Waals surface area contributed by atoms with E-state index in [1.807, 2.05) is 0 Å². The van der Waals surface area contributed by atoms with Crippen LogP contribution in [0.5, 0.6) is 5.75 Å². The molecule has 0 fully saturated rings. The number of hydrogen-bond acceptors (Lipinski definition) is 3. The Balaban J connectivity index is 0. The Morgan fingerprint density at radius 3 is 2.15 bits per heavy atom. The predicted molar refractivity (Wildman–Crippen MR) is 45.7 cm³/mol. The van der Waals surface area contributed by atoms with Crippen LogP contribution in [0.1, 0.15) is 5.56 Å². The van der Waals surface area contributed by atoms with Gasteiger partial charge in [-0.1, -0.05) is 30.4 Å². The van der Waals surface area contributed by atoms with Crippen LogP contribution in [0.25, 0.3) is 0 Å². The van der Waals surface area contributed by atoms with Crippen molar-refractivity contribution in [2.24, 2.45) is 0 Å². The monoisotopic (exact) mass is 393 g/mol. The molecule has 61 valence electrons. The molecule has 0 aliphatic heterocycles. The Labute approximate surface area is 122 Å². The molecule has 5 heteroatoms. The maximum absolute atomic E-state index is 10.5. The van der Waals surface area contributed by atoms with Gasteiger partial charge in [-0.2, -0.15) is 0 Å². The average Bonchev–Trinajstić information content (AvgIpc) is 2.08. The van der Waals surface area contributed by atoms with Crippen LogP contribution in [0.2, 0.25) is 4.43 Å². The molecule has 1 aromatic carbocycles. The molecule has 0 aromatic heterocycles. The van der Waals surface area contributed by atoms with Crippen LogP contribution in [0.3, 0.4) is 0 Å². The topological polar surface area (TPSA) is 43.3 Å². The average molecular weight is 392 g/mol. The van der Waals surface area contributed by atoms with Crippen LogP contribution >= 0.6 is 12.2 Å². The minimum atomic E-state index is -0.530. The summed E-state index contributed by atoms with van der Waals surface area (Å²) in [5.74, 6) is -0.0532. The Morgan fingerprint density at radius 1 is 1.38 bits per heavy atom. The number of hydrogen-bond donors (Lipinski definition) is 1. The van der Waals surface area contributed by atoms with Crippen LogP contribution in [-0.4, -0.2) is 10.2 Å². The second kappa shape index (κ2) is 9.40. The van der Waals surface area contributed by atoms with Crippen molar-refractivity contribution < 1.29 is 65.9 Å². The van der Waals surface area contributed by atoms with Crippen molar-refractivity contribution >= 4 is 17.3 Å². The van der Waals surface area contributed by atoms with Crippen molar-refractivity contribution in [2.75, 3.05) is 0 Å². The first-order chi connectivity index (χ1) is 5.72. The zero-order valence-electron chi connectivity index (χ0n) is 7.78. The van der Waals surface area contributed by atoms with Gasteiger partial charge in [-0.25, -0.2) is 0 Å². The van der Waals surface area contributed by atoms with E-state index in [0.717, 1.165) is 26.1 Å². The fourth-order valence-electron chi connectivity index (χ4n) is 0.646. The molecule has 0 bridgehead atoms. The fourth-order valence-corrected chi connectivity index (χ4v) is 0.819. The van der Waals surface area contributed by atoms with Crippen molar-refractivity contribution in [3.8, 4) is 5.75 Å². The third-order valence-electron chi connectivity index (χ3n) is 1.12. The summed E-state index contributed by atoms with van der Waals surface area (Å²) in [7, 11) is 0. The van der Waals surface area contributed by atoms with E-state index in [1.165, 1.54) is 12.1 Å². The molecule has 0 amide bonds. The van der Waals surface area contributed by atoms with Gasteiger partial charge in [-0.15, -0.1) is 0 Å². The van der Waals surface area contributed by atoms with Gasteiger partial charge in [-0.3, -0.25) is 0 Å². The van der Waals surface area contributed by atoms with Gasteiger partial charge in [0.25, 0.3) is 0 Å². The molecule has 0 atom stereocenters. The van der Waals surface area contributed by atoms with E-state index < -0.39 is 5.05 Å². The Kier molecular flexibility index (Phi) is 11.8. The summed E-state index contributed by atoms with van der Waals surface area (Å²) in [6.45, 7) is 0. The first-order valence-electron chi connectivity index (χ1n) is 3.42. The maximum Gasteiger partial charge on any atom is 1.00 e. The summed E-state index contributed by atoms with van der Waals surface area (Å²) >= 11 is 5.36. The van der Waals surface area contributed by atoms with Crippen molar-refractivity contribution in [2.45, 2.75) is 4.43 Å². The zero-order chi connectivity index (χ0) is 9.56. The van der Waals surface area contributed by atoms with Gasteiger partial charge >= 0.3 is 60.1 Å². The van der Waals surface area contributed by atoms with Gasteiger partial charge in [0.2, 0.25) is 0 Å². The molecule has 0 saturated heterocycles. The van der Waals surface area contributed by atoms with Gasteiger partial charge in [-0.05, 0) is 11.1 Å². The molecule has 0 saturated carbocycles. The minimum Gasteiger partial charge on any atom is -0.864 e. The summed E-state index contributed by atoms with van der Waals surface area (Å²) in [5.41, 5.74) is 0.192. The first-order valence-corrected chi connectivity index (χ1v) is 9.32. The van der Waals surface area contributed by atoms with Gasteiger partial charge < -0.3 is 10.2 Å². The van der Waals surface area contributed by atoms with Gasteiger partial charge in [0.15, 0.2) is 0 Å². The SMILES string of the molecule is [CH3][Hg].[Na+].[O-]C(=S)c1ccccc1O. The normalized spacial score (nSPS) is 7.62. The van der Waals surface area contributed by atoms with Crippen LogP contribution in [0, 0.1) is 0 Å². The van der Waals surface area contributed by atoms with E-state index in [9.17, 15) is 5.11 Å². The summed E-state index contributed by atoms with van der Waals surface area (Å²) in [6.07, 6.45) is 0. The van der Waals surface area contributed by atoms with Crippen molar-refractivity contribution in [1.29, 1.82) is 0 Å². The molecule has 2 nitrogen and oxygen atoms in total. The number of thiocarbonyl (C=S) groups is 1. The summed E-state index contributed by atoms with van der Waals surface area (Å²) < 4.78 is 2.19. The van der Waals surface area contributed by atoms with E-state index in [2.05, 4.69) is 16.7 Å². The molecular weight excluding hydrogens is 384 g/mol. The van der Waals surface area contributed by atoms with Crippen LogP contribution in [-0.2, 0) is 26.1 Å². The van der Waals surface area contributed by atoms with E-state index in [-0.39, 0.29) is 40.9 Å². The third-order valence-corrected chi connectivity index (χ3v) is 1.34. The van der Waals surface area contributed by atoms with Gasteiger partial charge in [0.05, 0.1) is 0 Å². The van der Waals surface area contributed by atoms with Crippen molar-refractivity contribution in [3.05, 3.63) is 29.8 Å². The smallest absolute Gasteiger partial charge is 0.864 e. The maximum atomic E-state index is 10.5. The minimum absolute atomic E-state index is 0. The molecule has 0 radical (unpaired) electrons. The molecule has 0 aliphatic carbocycles. The summed E-state index contributed by atoms with van der Waals surface area (Å²) in [4.78, 5) is 0. The number of benzene rings is 1. The molecule has 0 heterocycles. The number of phenols is 1. The van der Waals surface area contributed by atoms with E-state index in [1.54, 1.807) is 12.1 Å². The summed E-state index contributed by atoms with van der Waals surface area (Å²) in [5, 5.41) is 19.0. The Bertz CT molecular complexity index is 268. The number of aromatic hydroxyl groups is 1. The van der Waals surface area contributed by atoms with E-state index >= 15 is 0 Å². The van der Waals surface area contributed by atoms with Gasteiger partial charge in [0, 0.05) is 5.56 Å². The largest absolute Gasteiger partial charge is 1.00 e. The number of phenolic OH excluding ortho intramolecular Hbond substituents is 1. The molecule has 0 aliphatic rings. The van der Waals surface area contributed by atoms with Crippen LogP contribution in [0.15, 0.2) is 24.3 Å². The molecule has 1 N–H and O–H groups in total. The molecule has 1 aromatic rings. The predicted octanol–water partition coefficient (Wildman–Crippen LogP) is -1.99. The molecule has 0 spiro atoms. The fraction of sp³-hybridized carbons (Fsp3) is 0.125. The van der Waals surface area contributed by atoms with Crippen molar-refractivity contribution in [1.82, 2.24) is 0 Å². The molecule has 13 heavy (non-hydrogen) atoms. The molecule has 1 rings (SSSR count). The summed E-state index contributed by atoms with van der Waals surface area (Å²) in [6, 6.07) is 6.21. The first kappa shape index (κ1) is 16.3. The quantitative estimate of drug-likeness (QED) is 0.445.